The van der Waals surface area contributed by atoms with E-state index in [1.54, 1.807) is 0 Å². The fourth-order valence-corrected chi connectivity index (χ4v) is 2.80. The zero-order valence-corrected chi connectivity index (χ0v) is 11.9. The van der Waals surface area contributed by atoms with E-state index in [9.17, 15) is 13.2 Å². The van der Waals surface area contributed by atoms with E-state index in [0.29, 0.717) is 5.56 Å². The molecule has 1 aromatic rings. The van der Waals surface area contributed by atoms with Gasteiger partial charge in [0.1, 0.15) is 0 Å². The Morgan fingerprint density at radius 3 is 2.50 bits per heavy atom. The first-order chi connectivity index (χ1) is 9.43. The highest BCUT2D eigenvalue weighted by Gasteiger charge is 2.27. The zero-order valence-electron chi connectivity index (χ0n) is 11.0. The van der Waals surface area contributed by atoms with Crippen LogP contribution in [0.3, 0.4) is 0 Å². The van der Waals surface area contributed by atoms with Gasteiger partial charge in [-0.1, -0.05) is 0 Å². The Morgan fingerprint density at radius 1 is 1.40 bits per heavy atom. The van der Waals surface area contributed by atoms with Gasteiger partial charge in [0.25, 0.3) is 0 Å². The van der Waals surface area contributed by atoms with E-state index in [0.717, 1.165) is 17.1 Å². The maximum absolute atomic E-state index is 12.2. The van der Waals surface area contributed by atoms with Crippen LogP contribution in [0.15, 0.2) is 29.2 Å². The molecule has 0 spiro atoms. The SMILES string of the molecule is CN(CC(=O)NC1CC1)S(=O)(=O)c1ccc(C#N)cc1. The molecule has 7 heteroatoms. The summed E-state index contributed by atoms with van der Waals surface area (Å²) in [7, 11) is -2.35. The maximum atomic E-state index is 12.2. The van der Waals surface area contributed by atoms with E-state index in [1.807, 2.05) is 6.07 Å². The minimum Gasteiger partial charge on any atom is -0.352 e. The van der Waals surface area contributed by atoms with Crippen LogP contribution in [0, 0.1) is 11.3 Å². The van der Waals surface area contributed by atoms with Crippen molar-refractivity contribution in [3.8, 4) is 6.07 Å². The number of hydrogen-bond donors (Lipinski definition) is 1. The van der Waals surface area contributed by atoms with Crippen molar-refractivity contribution in [1.82, 2.24) is 9.62 Å². The molecule has 0 saturated heterocycles. The third-order valence-electron chi connectivity index (χ3n) is 3.00. The lowest BCUT2D eigenvalue weighted by Crippen LogP contribution is -2.39. The molecule has 1 fully saturated rings. The van der Waals surface area contributed by atoms with E-state index in [1.165, 1.54) is 31.3 Å². The van der Waals surface area contributed by atoms with Gasteiger partial charge in [-0.3, -0.25) is 4.79 Å². The Balaban J connectivity index is 2.07. The molecule has 2 rings (SSSR count). The molecule has 0 unspecified atom stereocenters. The van der Waals surface area contributed by atoms with Gasteiger partial charge in [0.15, 0.2) is 0 Å². The van der Waals surface area contributed by atoms with Crippen LogP contribution >= 0.6 is 0 Å². The second-order valence-electron chi connectivity index (χ2n) is 4.74. The summed E-state index contributed by atoms with van der Waals surface area (Å²) in [4.78, 5) is 11.7. The van der Waals surface area contributed by atoms with Crippen LogP contribution in [-0.4, -0.2) is 38.3 Å². The number of nitriles is 1. The van der Waals surface area contributed by atoms with Gasteiger partial charge < -0.3 is 5.32 Å². The summed E-state index contributed by atoms with van der Waals surface area (Å²) in [6.45, 7) is -0.209. The summed E-state index contributed by atoms with van der Waals surface area (Å²) in [5.74, 6) is -0.299. The molecule has 1 amide bonds. The molecule has 1 aliphatic carbocycles. The summed E-state index contributed by atoms with van der Waals surface area (Å²) >= 11 is 0. The molecular formula is C13H15N3O3S. The first-order valence-electron chi connectivity index (χ1n) is 6.19. The van der Waals surface area contributed by atoms with E-state index in [-0.39, 0.29) is 23.4 Å². The third-order valence-corrected chi connectivity index (χ3v) is 4.82. The summed E-state index contributed by atoms with van der Waals surface area (Å²) in [5, 5.41) is 11.4. The predicted molar refractivity (Wildman–Crippen MR) is 72.1 cm³/mol. The van der Waals surface area contributed by atoms with Crippen molar-refractivity contribution >= 4 is 15.9 Å². The topological polar surface area (TPSA) is 90.3 Å². The minimum absolute atomic E-state index is 0.0678. The second kappa shape index (κ2) is 5.61. The first kappa shape index (κ1) is 14.5. The maximum Gasteiger partial charge on any atom is 0.243 e. The number of likely N-dealkylation sites (N-methyl/N-ethyl adjacent to an activating group) is 1. The largest absolute Gasteiger partial charge is 0.352 e. The van der Waals surface area contributed by atoms with Gasteiger partial charge in [-0.05, 0) is 37.1 Å². The summed E-state index contributed by atoms with van der Waals surface area (Å²) in [6, 6.07) is 7.72. The molecule has 1 saturated carbocycles. The van der Waals surface area contributed by atoms with Crippen LogP contribution in [0.1, 0.15) is 18.4 Å². The molecule has 20 heavy (non-hydrogen) atoms. The highest BCUT2D eigenvalue weighted by atomic mass is 32.2. The van der Waals surface area contributed by atoms with Crippen LogP contribution in [0.4, 0.5) is 0 Å². The van der Waals surface area contributed by atoms with Crippen molar-refractivity contribution in [1.29, 1.82) is 5.26 Å². The fourth-order valence-electron chi connectivity index (χ4n) is 1.67. The van der Waals surface area contributed by atoms with Crippen molar-refractivity contribution in [3.05, 3.63) is 29.8 Å². The normalized spacial score (nSPS) is 14.8. The van der Waals surface area contributed by atoms with Crippen LogP contribution in [0.5, 0.6) is 0 Å². The Bertz CT molecular complexity index is 642. The van der Waals surface area contributed by atoms with Crippen LogP contribution in [0.2, 0.25) is 0 Å². The molecule has 0 aromatic heterocycles. The molecule has 0 radical (unpaired) electrons. The van der Waals surface area contributed by atoms with Gasteiger partial charge in [-0.2, -0.15) is 9.57 Å². The number of sulfonamides is 1. The molecule has 1 aromatic carbocycles. The zero-order chi connectivity index (χ0) is 14.8. The van der Waals surface area contributed by atoms with Gasteiger partial charge in [0.2, 0.25) is 15.9 Å². The number of hydrogen-bond acceptors (Lipinski definition) is 4. The highest BCUT2D eigenvalue weighted by molar-refractivity contribution is 7.89. The van der Waals surface area contributed by atoms with Crippen molar-refractivity contribution < 1.29 is 13.2 Å². The Hall–Kier alpha value is -1.91. The van der Waals surface area contributed by atoms with E-state index in [4.69, 9.17) is 5.26 Å². The number of amides is 1. The van der Waals surface area contributed by atoms with E-state index in [2.05, 4.69) is 5.32 Å². The molecule has 0 aliphatic heterocycles. The minimum atomic E-state index is -3.71. The molecular weight excluding hydrogens is 278 g/mol. The summed E-state index contributed by atoms with van der Waals surface area (Å²) in [6.07, 6.45) is 1.91. The molecule has 0 bridgehead atoms. The molecule has 1 N–H and O–H groups in total. The second-order valence-corrected chi connectivity index (χ2v) is 6.78. The number of rotatable bonds is 5. The standard InChI is InChI=1S/C13H15N3O3S/c1-16(9-13(17)15-11-4-5-11)20(18,19)12-6-2-10(8-14)3-7-12/h2-3,6-7,11H,4-5,9H2,1H3,(H,15,17). The summed E-state index contributed by atoms with van der Waals surface area (Å²) < 4.78 is 25.5. The lowest BCUT2D eigenvalue weighted by Gasteiger charge is -2.16. The first-order valence-corrected chi connectivity index (χ1v) is 7.63. The quantitative estimate of drug-likeness (QED) is 0.853. The number of benzene rings is 1. The van der Waals surface area contributed by atoms with Crippen molar-refractivity contribution in [3.63, 3.8) is 0 Å². The molecule has 0 heterocycles. The summed E-state index contributed by atoms with van der Waals surface area (Å²) in [5.41, 5.74) is 0.387. The molecule has 1 aliphatic rings. The van der Waals surface area contributed by atoms with E-state index >= 15 is 0 Å². The van der Waals surface area contributed by atoms with Gasteiger partial charge >= 0.3 is 0 Å². The molecule has 6 nitrogen and oxygen atoms in total. The van der Waals surface area contributed by atoms with Gasteiger partial charge in [0, 0.05) is 13.1 Å². The number of carbonyl (C=O) groups excluding carboxylic acids is 1. The average Bonchev–Trinajstić information content (AvgIpc) is 3.22. The van der Waals surface area contributed by atoms with Crippen molar-refractivity contribution in [2.45, 2.75) is 23.8 Å². The van der Waals surface area contributed by atoms with Crippen LogP contribution in [-0.2, 0) is 14.8 Å². The Kier molecular flexibility index (Phi) is 4.06. The van der Waals surface area contributed by atoms with Crippen molar-refractivity contribution in [2.24, 2.45) is 0 Å². The highest BCUT2D eigenvalue weighted by Crippen LogP contribution is 2.19. The van der Waals surface area contributed by atoms with Crippen LogP contribution < -0.4 is 5.32 Å². The van der Waals surface area contributed by atoms with Gasteiger partial charge in [-0.25, -0.2) is 8.42 Å². The Labute approximate surface area is 118 Å². The predicted octanol–water partition coefficient (Wildman–Crippen LogP) is 0.457. The fraction of sp³-hybridized carbons (Fsp3) is 0.385. The van der Waals surface area contributed by atoms with E-state index < -0.39 is 10.0 Å². The van der Waals surface area contributed by atoms with Crippen molar-refractivity contribution in [2.75, 3.05) is 13.6 Å². The lowest BCUT2D eigenvalue weighted by molar-refractivity contribution is -0.121. The lowest BCUT2D eigenvalue weighted by atomic mass is 10.2. The number of nitrogens with zero attached hydrogens (tertiary/aromatic N) is 2. The third kappa shape index (κ3) is 3.35. The number of nitrogens with one attached hydrogen (secondary N) is 1. The van der Waals surface area contributed by atoms with Gasteiger partial charge in [-0.15, -0.1) is 0 Å². The van der Waals surface area contributed by atoms with Crippen LogP contribution in [0.25, 0.3) is 0 Å². The monoisotopic (exact) mass is 293 g/mol. The smallest absolute Gasteiger partial charge is 0.243 e. The number of carbonyl (C=O) groups is 1. The Morgan fingerprint density at radius 2 is 2.00 bits per heavy atom. The van der Waals surface area contributed by atoms with Gasteiger partial charge in [0.05, 0.1) is 23.1 Å². The molecule has 0 atom stereocenters. The average molecular weight is 293 g/mol. The molecule has 106 valence electrons.